The summed E-state index contributed by atoms with van der Waals surface area (Å²) >= 11 is 1.80. The molecule has 1 atom stereocenters. The molecule has 0 spiro atoms. The van der Waals surface area contributed by atoms with Gasteiger partial charge in [0.05, 0.1) is 0 Å². The molecule has 1 fully saturated rings. The third-order valence-electron chi connectivity index (χ3n) is 2.74. The van der Waals surface area contributed by atoms with Crippen LogP contribution in [0.2, 0.25) is 0 Å². The van der Waals surface area contributed by atoms with Gasteiger partial charge >= 0.3 is 11.9 Å². The van der Waals surface area contributed by atoms with Gasteiger partial charge in [0.15, 0.2) is 0 Å². The molecule has 0 aromatic carbocycles. The lowest BCUT2D eigenvalue weighted by Gasteiger charge is -2.27. The molecule has 0 aromatic heterocycles. The Morgan fingerprint density at radius 1 is 1.27 bits per heavy atom. The second-order valence-corrected chi connectivity index (χ2v) is 5.08. The van der Waals surface area contributed by atoms with Gasteiger partial charge in [-0.3, -0.25) is 9.59 Å². The van der Waals surface area contributed by atoms with E-state index in [0.717, 1.165) is 24.3 Å². The zero-order valence-electron chi connectivity index (χ0n) is 8.52. The van der Waals surface area contributed by atoms with E-state index in [9.17, 15) is 9.59 Å². The smallest absolute Gasteiger partial charge is 0.303 e. The zero-order chi connectivity index (χ0) is 11.3. The monoisotopic (exact) mass is 232 g/mol. The standard InChI is InChI=1S/C10H16O4S/c11-9(12)4-8(5-10(13)14)7-2-1-3-15-6-7/h7-8H,1-6H2,(H,11,12)(H,13,14)/t7-/m0/s1. The number of rotatable bonds is 5. The molecule has 2 N–H and O–H groups in total. The number of hydrogen-bond donors (Lipinski definition) is 2. The van der Waals surface area contributed by atoms with Crippen LogP contribution in [0.3, 0.4) is 0 Å². The quantitative estimate of drug-likeness (QED) is 0.754. The topological polar surface area (TPSA) is 74.6 Å². The number of aliphatic carboxylic acids is 2. The molecule has 86 valence electrons. The zero-order valence-corrected chi connectivity index (χ0v) is 9.33. The second-order valence-electron chi connectivity index (χ2n) is 3.93. The van der Waals surface area contributed by atoms with Gasteiger partial charge in [-0.05, 0) is 36.2 Å². The predicted octanol–water partition coefficient (Wildman–Crippen LogP) is 1.70. The highest BCUT2D eigenvalue weighted by Gasteiger charge is 2.27. The molecular formula is C10H16O4S. The van der Waals surface area contributed by atoms with Crippen molar-refractivity contribution in [1.82, 2.24) is 0 Å². The highest BCUT2D eigenvalue weighted by atomic mass is 32.2. The Morgan fingerprint density at radius 2 is 1.87 bits per heavy atom. The first-order valence-electron chi connectivity index (χ1n) is 5.11. The molecule has 0 radical (unpaired) electrons. The van der Waals surface area contributed by atoms with Crippen molar-refractivity contribution in [2.45, 2.75) is 25.7 Å². The lowest BCUT2D eigenvalue weighted by molar-refractivity contribution is -0.141. The van der Waals surface area contributed by atoms with Crippen LogP contribution in [0.4, 0.5) is 0 Å². The van der Waals surface area contributed by atoms with E-state index in [1.54, 1.807) is 11.8 Å². The van der Waals surface area contributed by atoms with Gasteiger partial charge in [0.2, 0.25) is 0 Å². The Morgan fingerprint density at radius 3 is 2.27 bits per heavy atom. The summed E-state index contributed by atoms with van der Waals surface area (Å²) in [5.41, 5.74) is 0. The van der Waals surface area contributed by atoms with Crippen molar-refractivity contribution in [3.63, 3.8) is 0 Å². The van der Waals surface area contributed by atoms with Crippen LogP contribution in [-0.2, 0) is 9.59 Å². The third kappa shape index (κ3) is 4.55. The molecule has 1 aliphatic rings. The summed E-state index contributed by atoms with van der Waals surface area (Å²) in [6.07, 6.45) is 2.01. The van der Waals surface area contributed by atoms with Crippen LogP contribution in [0.1, 0.15) is 25.7 Å². The van der Waals surface area contributed by atoms with Gasteiger partial charge in [-0.1, -0.05) is 0 Å². The van der Waals surface area contributed by atoms with E-state index in [4.69, 9.17) is 10.2 Å². The summed E-state index contributed by atoms with van der Waals surface area (Å²) in [5, 5.41) is 17.5. The molecule has 1 saturated heterocycles. The minimum atomic E-state index is -0.892. The van der Waals surface area contributed by atoms with E-state index in [-0.39, 0.29) is 24.7 Å². The second kappa shape index (κ2) is 6.00. The molecule has 0 bridgehead atoms. The van der Waals surface area contributed by atoms with E-state index >= 15 is 0 Å². The van der Waals surface area contributed by atoms with Crippen molar-refractivity contribution < 1.29 is 19.8 Å². The average Bonchev–Trinajstić information content (AvgIpc) is 2.17. The third-order valence-corrected chi connectivity index (χ3v) is 3.98. The summed E-state index contributed by atoms with van der Waals surface area (Å²) in [6.45, 7) is 0. The molecule has 1 heterocycles. The Bertz CT molecular complexity index is 220. The summed E-state index contributed by atoms with van der Waals surface area (Å²) in [6, 6.07) is 0. The first kappa shape index (κ1) is 12.4. The van der Waals surface area contributed by atoms with Crippen LogP contribution in [0.5, 0.6) is 0 Å². The maximum atomic E-state index is 10.6. The molecule has 1 rings (SSSR count). The molecule has 0 aromatic rings. The number of carbonyl (C=O) groups is 2. The number of thioether (sulfide) groups is 1. The summed E-state index contributed by atoms with van der Waals surface area (Å²) in [5.74, 6) is 0.298. The highest BCUT2D eigenvalue weighted by molar-refractivity contribution is 7.99. The van der Waals surface area contributed by atoms with Crippen LogP contribution >= 0.6 is 11.8 Å². The SMILES string of the molecule is O=C(O)CC(CC(=O)O)[C@H]1CCCSC1. The Kier molecular flexibility index (Phi) is 4.94. The van der Waals surface area contributed by atoms with Crippen molar-refractivity contribution in [3.05, 3.63) is 0 Å². The van der Waals surface area contributed by atoms with Gasteiger partial charge in [-0.25, -0.2) is 0 Å². The molecule has 1 aliphatic heterocycles. The van der Waals surface area contributed by atoms with Crippen molar-refractivity contribution >= 4 is 23.7 Å². The number of carboxylic acids is 2. The van der Waals surface area contributed by atoms with Crippen LogP contribution in [-0.4, -0.2) is 33.7 Å². The highest BCUT2D eigenvalue weighted by Crippen LogP contribution is 2.32. The molecular weight excluding hydrogens is 216 g/mol. The first-order chi connectivity index (χ1) is 7.09. The summed E-state index contributed by atoms with van der Waals surface area (Å²) < 4.78 is 0. The fourth-order valence-corrected chi connectivity index (χ4v) is 3.27. The first-order valence-corrected chi connectivity index (χ1v) is 6.26. The molecule has 0 aliphatic carbocycles. The van der Waals surface area contributed by atoms with Crippen molar-refractivity contribution in [2.24, 2.45) is 11.8 Å². The minimum absolute atomic E-state index is 0.0163. The average molecular weight is 232 g/mol. The lowest BCUT2D eigenvalue weighted by Crippen LogP contribution is -2.25. The van der Waals surface area contributed by atoms with Crippen molar-refractivity contribution in [3.8, 4) is 0 Å². The molecule has 5 heteroatoms. The largest absolute Gasteiger partial charge is 0.481 e. The van der Waals surface area contributed by atoms with Gasteiger partial charge in [-0.15, -0.1) is 0 Å². The molecule has 15 heavy (non-hydrogen) atoms. The molecule has 0 unspecified atom stereocenters. The van der Waals surface area contributed by atoms with Crippen LogP contribution in [0.15, 0.2) is 0 Å². The minimum Gasteiger partial charge on any atom is -0.481 e. The molecule has 0 amide bonds. The van der Waals surface area contributed by atoms with E-state index < -0.39 is 11.9 Å². The van der Waals surface area contributed by atoms with Crippen LogP contribution in [0, 0.1) is 11.8 Å². The van der Waals surface area contributed by atoms with E-state index in [0.29, 0.717) is 0 Å². The van der Waals surface area contributed by atoms with Gasteiger partial charge < -0.3 is 10.2 Å². The van der Waals surface area contributed by atoms with Gasteiger partial charge in [-0.2, -0.15) is 11.8 Å². The van der Waals surface area contributed by atoms with Crippen molar-refractivity contribution in [2.75, 3.05) is 11.5 Å². The number of hydrogen-bond acceptors (Lipinski definition) is 3. The lowest BCUT2D eigenvalue weighted by atomic mass is 9.85. The molecule has 4 nitrogen and oxygen atoms in total. The van der Waals surface area contributed by atoms with Crippen LogP contribution in [0.25, 0.3) is 0 Å². The normalized spacial score (nSPS) is 21.5. The van der Waals surface area contributed by atoms with E-state index in [1.807, 2.05) is 0 Å². The maximum absolute atomic E-state index is 10.6. The fraction of sp³-hybridized carbons (Fsp3) is 0.800. The summed E-state index contributed by atoms with van der Waals surface area (Å²) in [4.78, 5) is 21.3. The van der Waals surface area contributed by atoms with Crippen molar-refractivity contribution in [1.29, 1.82) is 0 Å². The van der Waals surface area contributed by atoms with E-state index in [2.05, 4.69) is 0 Å². The fourth-order valence-electron chi connectivity index (χ4n) is 1.99. The Balaban J connectivity index is 2.52. The predicted molar refractivity (Wildman–Crippen MR) is 58.0 cm³/mol. The molecule has 0 saturated carbocycles. The van der Waals surface area contributed by atoms with Gasteiger partial charge in [0.1, 0.15) is 0 Å². The Labute approximate surface area is 93.1 Å². The van der Waals surface area contributed by atoms with Gasteiger partial charge in [0, 0.05) is 12.8 Å². The Hall–Kier alpha value is -0.710. The number of carboxylic acid groups (broad SMARTS) is 2. The van der Waals surface area contributed by atoms with Crippen LogP contribution < -0.4 is 0 Å². The van der Waals surface area contributed by atoms with Gasteiger partial charge in [0.25, 0.3) is 0 Å². The summed E-state index contributed by atoms with van der Waals surface area (Å²) in [7, 11) is 0. The maximum Gasteiger partial charge on any atom is 0.303 e. The van der Waals surface area contributed by atoms with E-state index in [1.165, 1.54) is 0 Å².